The van der Waals surface area contributed by atoms with Gasteiger partial charge in [-0.2, -0.15) is 0 Å². The third kappa shape index (κ3) is 4.99. The zero-order valence-corrected chi connectivity index (χ0v) is 11.0. The first-order valence-corrected chi connectivity index (χ1v) is 6.15. The zero-order chi connectivity index (χ0) is 14.4. The molecule has 5 nitrogen and oxygen atoms in total. The van der Waals surface area contributed by atoms with Gasteiger partial charge in [0.2, 0.25) is 0 Å². The fraction of sp³-hybridized carbons (Fsp3) is 0.429. The summed E-state index contributed by atoms with van der Waals surface area (Å²) in [6.45, 7) is 3.65. The number of aromatic carboxylic acids is 1. The van der Waals surface area contributed by atoms with Crippen molar-refractivity contribution in [2.45, 2.75) is 39.2 Å². The summed E-state index contributed by atoms with van der Waals surface area (Å²) in [5.74, 6) is -1.56. The van der Waals surface area contributed by atoms with E-state index in [1.54, 1.807) is 18.2 Å². The summed E-state index contributed by atoms with van der Waals surface area (Å²) in [5, 5.41) is 17.7. The highest BCUT2D eigenvalue weighted by Crippen LogP contribution is 2.22. The minimum absolute atomic E-state index is 0.0760. The van der Waals surface area contributed by atoms with Crippen LogP contribution in [0.2, 0.25) is 0 Å². The lowest BCUT2D eigenvalue weighted by Crippen LogP contribution is -2.10. The van der Waals surface area contributed by atoms with E-state index in [9.17, 15) is 9.59 Å². The van der Waals surface area contributed by atoms with Crippen molar-refractivity contribution < 1.29 is 24.5 Å². The molecule has 0 saturated heterocycles. The molecule has 1 aromatic carbocycles. The molecule has 2 N–H and O–H groups in total. The molecule has 0 aliphatic heterocycles. The predicted molar refractivity (Wildman–Crippen MR) is 69.7 cm³/mol. The Kier molecular flexibility index (Phi) is 5.36. The first kappa shape index (κ1) is 15.0. The Balaban J connectivity index is 2.83. The molecule has 0 aliphatic rings. The van der Waals surface area contributed by atoms with Gasteiger partial charge in [0.25, 0.3) is 0 Å². The highest BCUT2D eigenvalue weighted by molar-refractivity contribution is 5.91. The third-order valence-electron chi connectivity index (χ3n) is 2.49. The lowest BCUT2D eigenvalue weighted by Gasteiger charge is -2.13. The second-order valence-electron chi connectivity index (χ2n) is 4.55. The van der Waals surface area contributed by atoms with Crippen molar-refractivity contribution in [3.8, 4) is 5.75 Å². The standard InChI is InChI=1S/C14H18O5/c1-9(2)19-12-7-6-10(4-3-5-13(15)16)8-11(12)14(17)18/h6-9H,3-5H2,1-2H3,(H,15,16)(H,17,18). The molecule has 0 heterocycles. The average molecular weight is 266 g/mol. The fourth-order valence-corrected chi connectivity index (χ4v) is 1.70. The van der Waals surface area contributed by atoms with Crippen molar-refractivity contribution in [1.82, 2.24) is 0 Å². The Morgan fingerprint density at radius 3 is 2.47 bits per heavy atom. The van der Waals surface area contributed by atoms with E-state index in [0.717, 1.165) is 5.56 Å². The summed E-state index contributed by atoms with van der Waals surface area (Å²) in [7, 11) is 0. The van der Waals surface area contributed by atoms with Crippen LogP contribution in [0.5, 0.6) is 5.75 Å². The van der Waals surface area contributed by atoms with Gasteiger partial charge in [-0.3, -0.25) is 4.79 Å². The Morgan fingerprint density at radius 2 is 1.95 bits per heavy atom. The molecule has 19 heavy (non-hydrogen) atoms. The van der Waals surface area contributed by atoms with Gasteiger partial charge in [-0.15, -0.1) is 0 Å². The number of hydrogen-bond donors (Lipinski definition) is 2. The fourth-order valence-electron chi connectivity index (χ4n) is 1.70. The van der Waals surface area contributed by atoms with Crippen molar-refractivity contribution >= 4 is 11.9 Å². The van der Waals surface area contributed by atoms with Gasteiger partial charge in [-0.1, -0.05) is 6.07 Å². The minimum Gasteiger partial charge on any atom is -0.490 e. The van der Waals surface area contributed by atoms with E-state index in [1.165, 1.54) is 0 Å². The molecule has 0 fully saturated rings. The number of carbonyl (C=O) groups is 2. The molecular weight excluding hydrogens is 248 g/mol. The first-order valence-electron chi connectivity index (χ1n) is 6.15. The number of benzene rings is 1. The largest absolute Gasteiger partial charge is 0.490 e. The maximum absolute atomic E-state index is 11.2. The number of ether oxygens (including phenoxy) is 1. The maximum Gasteiger partial charge on any atom is 0.339 e. The van der Waals surface area contributed by atoms with Crippen LogP contribution in [0.15, 0.2) is 18.2 Å². The van der Waals surface area contributed by atoms with Gasteiger partial charge in [-0.05, 0) is 44.4 Å². The number of aliphatic carboxylic acids is 1. The molecular formula is C14H18O5. The Labute approximate surface area is 111 Å². The van der Waals surface area contributed by atoms with Gasteiger partial charge in [0.15, 0.2) is 0 Å². The van der Waals surface area contributed by atoms with Crippen LogP contribution in [0.4, 0.5) is 0 Å². The van der Waals surface area contributed by atoms with Crippen molar-refractivity contribution in [3.63, 3.8) is 0 Å². The van der Waals surface area contributed by atoms with E-state index in [-0.39, 0.29) is 18.1 Å². The number of aryl methyl sites for hydroxylation is 1. The lowest BCUT2D eigenvalue weighted by molar-refractivity contribution is -0.137. The van der Waals surface area contributed by atoms with Gasteiger partial charge in [-0.25, -0.2) is 4.79 Å². The Bertz CT molecular complexity index is 465. The van der Waals surface area contributed by atoms with Crippen LogP contribution in [0.1, 0.15) is 42.6 Å². The molecule has 0 aliphatic carbocycles. The molecule has 1 rings (SSSR count). The van der Waals surface area contributed by atoms with Crippen molar-refractivity contribution in [2.75, 3.05) is 0 Å². The van der Waals surface area contributed by atoms with Crippen LogP contribution < -0.4 is 4.74 Å². The van der Waals surface area contributed by atoms with Gasteiger partial charge in [0.1, 0.15) is 11.3 Å². The minimum atomic E-state index is -1.05. The molecule has 0 spiro atoms. The summed E-state index contributed by atoms with van der Waals surface area (Å²) in [6, 6.07) is 4.94. The van der Waals surface area contributed by atoms with Crippen molar-refractivity contribution in [2.24, 2.45) is 0 Å². The summed E-state index contributed by atoms with van der Waals surface area (Å²) in [5.41, 5.74) is 0.913. The van der Waals surface area contributed by atoms with E-state index in [1.807, 2.05) is 13.8 Å². The van der Waals surface area contributed by atoms with E-state index in [0.29, 0.717) is 18.6 Å². The maximum atomic E-state index is 11.2. The average Bonchev–Trinajstić information content (AvgIpc) is 2.29. The molecule has 104 valence electrons. The SMILES string of the molecule is CC(C)Oc1ccc(CCCC(=O)O)cc1C(=O)O. The van der Waals surface area contributed by atoms with Crippen LogP contribution in [-0.2, 0) is 11.2 Å². The molecule has 5 heteroatoms. The monoisotopic (exact) mass is 266 g/mol. The van der Waals surface area contributed by atoms with Crippen LogP contribution in [-0.4, -0.2) is 28.3 Å². The third-order valence-corrected chi connectivity index (χ3v) is 2.49. The van der Waals surface area contributed by atoms with Crippen LogP contribution in [0, 0.1) is 0 Å². The van der Waals surface area contributed by atoms with E-state index in [4.69, 9.17) is 14.9 Å². The molecule has 1 aromatic rings. The Hall–Kier alpha value is -2.04. The second-order valence-corrected chi connectivity index (χ2v) is 4.55. The Morgan fingerprint density at radius 1 is 1.26 bits per heavy atom. The quantitative estimate of drug-likeness (QED) is 0.792. The number of carboxylic acids is 2. The second kappa shape index (κ2) is 6.78. The van der Waals surface area contributed by atoms with Gasteiger partial charge < -0.3 is 14.9 Å². The zero-order valence-electron chi connectivity index (χ0n) is 11.0. The van der Waals surface area contributed by atoms with Crippen molar-refractivity contribution in [3.05, 3.63) is 29.3 Å². The van der Waals surface area contributed by atoms with E-state index >= 15 is 0 Å². The summed E-state index contributed by atoms with van der Waals surface area (Å²) < 4.78 is 5.43. The molecule has 0 saturated carbocycles. The first-order chi connectivity index (χ1) is 8.90. The molecule has 0 atom stereocenters. The molecule has 0 unspecified atom stereocenters. The smallest absolute Gasteiger partial charge is 0.339 e. The normalized spacial score (nSPS) is 10.5. The topological polar surface area (TPSA) is 83.8 Å². The summed E-state index contributed by atoms with van der Waals surface area (Å²) in [6.07, 6.45) is 0.996. The highest BCUT2D eigenvalue weighted by Gasteiger charge is 2.13. The van der Waals surface area contributed by atoms with Crippen LogP contribution in [0.25, 0.3) is 0 Å². The van der Waals surface area contributed by atoms with Gasteiger partial charge in [0, 0.05) is 6.42 Å². The van der Waals surface area contributed by atoms with Gasteiger partial charge in [0.05, 0.1) is 6.10 Å². The van der Waals surface area contributed by atoms with Crippen molar-refractivity contribution in [1.29, 1.82) is 0 Å². The molecule has 0 bridgehead atoms. The van der Waals surface area contributed by atoms with Crippen LogP contribution >= 0.6 is 0 Å². The van der Waals surface area contributed by atoms with E-state index in [2.05, 4.69) is 0 Å². The number of carboxylic acid groups (broad SMARTS) is 2. The summed E-state index contributed by atoms with van der Waals surface area (Å²) >= 11 is 0. The van der Waals surface area contributed by atoms with Crippen LogP contribution in [0.3, 0.4) is 0 Å². The molecule has 0 amide bonds. The number of hydrogen-bond acceptors (Lipinski definition) is 3. The number of rotatable bonds is 7. The predicted octanol–water partition coefficient (Wildman–Crippen LogP) is 2.58. The lowest BCUT2D eigenvalue weighted by atomic mass is 10.0. The summed E-state index contributed by atoms with van der Waals surface area (Å²) in [4.78, 5) is 21.6. The molecule has 0 aromatic heterocycles. The highest BCUT2D eigenvalue weighted by atomic mass is 16.5. The van der Waals surface area contributed by atoms with Gasteiger partial charge >= 0.3 is 11.9 Å². The van der Waals surface area contributed by atoms with E-state index < -0.39 is 11.9 Å². The molecule has 0 radical (unpaired) electrons.